The summed E-state index contributed by atoms with van der Waals surface area (Å²) in [6, 6.07) is 85.3. The lowest BCUT2D eigenvalue weighted by atomic mass is 9.94. The minimum Gasteiger partial charge on any atom is -0.310 e. The molecule has 0 amide bonds. The van der Waals surface area contributed by atoms with Gasteiger partial charge >= 0.3 is 0 Å². The number of rotatable bonds is 10. The van der Waals surface area contributed by atoms with Gasteiger partial charge in [0, 0.05) is 59.4 Å². The van der Waals surface area contributed by atoms with E-state index < -0.39 is 8.07 Å². The van der Waals surface area contributed by atoms with Gasteiger partial charge in [0.1, 0.15) is 5.82 Å². The van der Waals surface area contributed by atoms with Crippen molar-refractivity contribution in [3.05, 3.63) is 248 Å². The number of benzene rings is 11. The molecule has 2 nitrogen and oxygen atoms in total. The Morgan fingerprint density at radius 1 is 0.371 bits per heavy atom. The molecule has 336 valence electrons. The molecule has 0 aliphatic carbocycles. The first-order valence-corrected chi connectivity index (χ1v) is 28.3. The molecule has 0 unspecified atom stereocenters. The first-order valence-electron chi connectivity index (χ1n) is 23.9. The van der Waals surface area contributed by atoms with Crippen molar-refractivity contribution < 1.29 is 4.39 Å². The van der Waals surface area contributed by atoms with Crippen molar-refractivity contribution in [3.8, 4) is 33.4 Å². The quantitative estimate of drug-likeness (QED) is 0.0996. The maximum absolute atomic E-state index is 17.9. The summed E-state index contributed by atoms with van der Waals surface area (Å²) in [4.78, 5) is 4.52. The maximum atomic E-state index is 17.9. The highest BCUT2D eigenvalue weighted by Crippen LogP contribution is 2.51. The second-order valence-corrected chi connectivity index (χ2v) is 25.2. The highest BCUT2D eigenvalue weighted by atomic mass is 32.1. The van der Waals surface area contributed by atoms with Gasteiger partial charge in [0.25, 0.3) is 0 Å². The fraction of sp³-hybridized carbons (Fsp3) is 0.0462. The molecule has 0 bridgehead atoms. The van der Waals surface area contributed by atoms with Crippen molar-refractivity contribution in [2.45, 2.75) is 19.6 Å². The second kappa shape index (κ2) is 17.8. The van der Waals surface area contributed by atoms with Gasteiger partial charge in [0.05, 0.1) is 19.4 Å². The highest BCUT2D eigenvalue weighted by molar-refractivity contribution is 7.27. The predicted molar refractivity (Wildman–Crippen MR) is 303 cm³/mol. The Labute approximate surface area is 413 Å². The third-order valence-corrected chi connectivity index (χ3v) is 16.9. The summed E-state index contributed by atoms with van der Waals surface area (Å²) in [7, 11) is -1.48. The van der Waals surface area contributed by atoms with E-state index >= 15 is 4.39 Å². The van der Waals surface area contributed by atoms with E-state index in [-0.39, 0.29) is 5.82 Å². The third-order valence-electron chi connectivity index (χ3n) is 13.6. The Hall–Kier alpha value is -8.09. The van der Waals surface area contributed by atoms with Crippen LogP contribution in [0.1, 0.15) is 0 Å². The molecule has 0 aliphatic heterocycles. The molecule has 0 radical (unpaired) electrons. The molecule has 11 aromatic carbocycles. The number of para-hydroxylation sites is 2. The van der Waals surface area contributed by atoms with E-state index in [1.54, 1.807) is 6.07 Å². The molecular formula is C65H49FN2SSi. The van der Waals surface area contributed by atoms with Crippen LogP contribution < -0.4 is 15.0 Å². The molecule has 0 spiro atoms. The smallest absolute Gasteiger partial charge is 0.148 e. The lowest BCUT2D eigenvalue weighted by Crippen LogP contribution is -2.37. The number of hydrogen-bond donors (Lipinski definition) is 0. The molecule has 0 fully saturated rings. The molecule has 0 aliphatic rings. The van der Waals surface area contributed by atoms with Crippen LogP contribution in [0, 0.1) is 5.82 Å². The fourth-order valence-corrected chi connectivity index (χ4v) is 12.7. The van der Waals surface area contributed by atoms with Gasteiger partial charge in [-0.2, -0.15) is 0 Å². The van der Waals surface area contributed by atoms with Gasteiger partial charge in [0.2, 0.25) is 0 Å². The molecule has 12 aromatic rings. The number of nitrogens with zero attached hydrogens (tertiary/aromatic N) is 2. The topological polar surface area (TPSA) is 6.48 Å². The summed E-state index contributed by atoms with van der Waals surface area (Å²) in [5, 5.41) is 8.57. The first kappa shape index (κ1) is 43.2. The number of anilines is 6. The standard InChI is InChI=1S/C65H49FN2SSi/c1-70(2,3)52-36-32-49(33-37-52)67(48-26-14-7-15-27-48)51-35-39-57-62(43-51)69-65-56-38-34-50(42-59(56)54-29-16-17-30-55(54)63(57)65)68(61-31-19-18-28-53(61)45-22-10-5-11-23-45)64-58(46-24-12-6-13-25-46)40-47(41-60(64)66)44-20-8-4-9-21-44/h4-43H,1-3H3. The zero-order chi connectivity index (χ0) is 47.3. The maximum Gasteiger partial charge on any atom is 0.148 e. The summed E-state index contributed by atoms with van der Waals surface area (Å²) in [6.07, 6.45) is 0. The number of thiophene rings is 1. The molecule has 5 heteroatoms. The SMILES string of the molecule is C[Si](C)(C)c1ccc(N(c2ccccc2)c2ccc3c(c2)sc2c4ccc(N(c5ccccc5-c5ccccc5)c5c(F)cc(-c6ccccc6)cc5-c5ccccc5)cc4c4ccccc4c32)cc1. The molecule has 12 rings (SSSR count). The monoisotopic (exact) mass is 936 g/mol. The molecule has 0 N–H and O–H groups in total. The Balaban J connectivity index is 1.09. The predicted octanol–water partition coefficient (Wildman–Crippen LogP) is 19.0. The largest absolute Gasteiger partial charge is 0.310 e. The molecule has 0 saturated carbocycles. The summed E-state index contributed by atoms with van der Waals surface area (Å²) in [6.45, 7) is 7.19. The van der Waals surface area contributed by atoms with Gasteiger partial charge in [-0.15, -0.1) is 11.3 Å². The molecule has 1 aromatic heterocycles. The van der Waals surface area contributed by atoms with Crippen molar-refractivity contribution in [3.63, 3.8) is 0 Å². The molecule has 0 atom stereocenters. The van der Waals surface area contributed by atoms with E-state index in [1.165, 1.54) is 36.1 Å². The Bertz CT molecular complexity index is 3870. The average molecular weight is 937 g/mol. The van der Waals surface area contributed by atoms with Crippen molar-refractivity contribution in [2.24, 2.45) is 0 Å². The molecular weight excluding hydrogens is 888 g/mol. The van der Waals surface area contributed by atoms with E-state index in [0.717, 1.165) is 72.6 Å². The van der Waals surface area contributed by atoms with Gasteiger partial charge < -0.3 is 9.80 Å². The Morgan fingerprint density at radius 3 is 1.57 bits per heavy atom. The molecule has 70 heavy (non-hydrogen) atoms. The fourth-order valence-electron chi connectivity index (χ4n) is 10.2. The van der Waals surface area contributed by atoms with Crippen LogP contribution in [0.4, 0.5) is 38.5 Å². The summed E-state index contributed by atoms with van der Waals surface area (Å²) in [5.41, 5.74) is 11.2. The van der Waals surface area contributed by atoms with Gasteiger partial charge in [-0.25, -0.2) is 4.39 Å². The highest BCUT2D eigenvalue weighted by Gasteiger charge is 2.27. The van der Waals surface area contributed by atoms with E-state index in [0.29, 0.717) is 5.69 Å². The molecule has 0 saturated heterocycles. The number of hydrogen-bond acceptors (Lipinski definition) is 3. The van der Waals surface area contributed by atoms with Crippen LogP contribution in [0.2, 0.25) is 19.6 Å². The van der Waals surface area contributed by atoms with E-state index in [9.17, 15) is 0 Å². The third kappa shape index (κ3) is 7.74. The van der Waals surface area contributed by atoms with E-state index in [1.807, 2.05) is 65.9 Å². The minimum absolute atomic E-state index is 0.305. The van der Waals surface area contributed by atoms with Gasteiger partial charge in [-0.05, 0) is 105 Å². The van der Waals surface area contributed by atoms with E-state index in [2.05, 4.69) is 211 Å². The van der Waals surface area contributed by atoms with Crippen LogP contribution in [0.3, 0.4) is 0 Å². The number of fused-ring (bicyclic) bond motifs is 8. The van der Waals surface area contributed by atoms with Crippen molar-refractivity contribution in [2.75, 3.05) is 9.80 Å². The Kier molecular flexibility index (Phi) is 11.0. The van der Waals surface area contributed by atoms with Crippen LogP contribution in [0.25, 0.3) is 75.1 Å². The van der Waals surface area contributed by atoms with Crippen LogP contribution in [-0.2, 0) is 0 Å². The van der Waals surface area contributed by atoms with Crippen LogP contribution >= 0.6 is 11.3 Å². The van der Waals surface area contributed by atoms with Crippen LogP contribution in [0.5, 0.6) is 0 Å². The van der Waals surface area contributed by atoms with Gasteiger partial charge in [0.15, 0.2) is 0 Å². The number of halogens is 1. The summed E-state index contributed by atoms with van der Waals surface area (Å²) in [5.74, 6) is -0.305. The first-order chi connectivity index (χ1) is 34.3. The average Bonchev–Trinajstić information content (AvgIpc) is 3.80. The lowest BCUT2D eigenvalue weighted by Gasteiger charge is -2.31. The zero-order valence-electron chi connectivity index (χ0n) is 39.3. The van der Waals surface area contributed by atoms with Crippen LogP contribution in [-0.4, -0.2) is 8.07 Å². The van der Waals surface area contributed by atoms with E-state index in [4.69, 9.17) is 0 Å². The zero-order valence-corrected chi connectivity index (χ0v) is 41.1. The minimum atomic E-state index is -1.48. The van der Waals surface area contributed by atoms with Crippen molar-refractivity contribution >= 4 is 100 Å². The second-order valence-electron chi connectivity index (χ2n) is 19.0. The van der Waals surface area contributed by atoms with Gasteiger partial charge in [-0.1, -0.05) is 201 Å². The summed E-state index contributed by atoms with van der Waals surface area (Å²) >= 11 is 1.85. The Morgan fingerprint density at radius 2 is 0.900 bits per heavy atom. The van der Waals surface area contributed by atoms with Crippen LogP contribution in [0.15, 0.2) is 243 Å². The lowest BCUT2D eigenvalue weighted by molar-refractivity contribution is 0.630. The summed E-state index contributed by atoms with van der Waals surface area (Å²) < 4.78 is 20.3. The molecule has 1 heterocycles. The normalized spacial score (nSPS) is 11.7. The van der Waals surface area contributed by atoms with Crippen molar-refractivity contribution in [1.82, 2.24) is 0 Å². The van der Waals surface area contributed by atoms with Crippen molar-refractivity contribution in [1.29, 1.82) is 0 Å². The van der Waals surface area contributed by atoms with Gasteiger partial charge in [-0.3, -0.25) is 0 Å².